The lowest BCUT2D eigenvalue weighted by Gasteiger charge is -2.10. The van der Waals surface area contributed by atoms with Gasteiger partial charge in [-0.1, -0.05) is 80.1 Å². The predicted octanol–water partition coefficient (Wildman–Crippen LogP) is 8.76. The third kappa shape index (κ3) is 4.23. The highest BCUT2D eigenvalue weighted by atomic mass is 15.0. The molecule has 0 aliphatic carbocycles. The van der Waals surface area contributed by atoms with Crippen molar-refractivity contribution in [3.8, 4) is 5.69 Å². The summed E-state index contributed by atoms with van der Waals surface area (Å²) in [7, 11) is 0. The number of aryl methyl sites for hydroxylation is 2. The summed E-state index contributed by atoms with van der Waals surface area (Å²) in [6.07, 6.45) is 7.98. The third-order valence-electron chi connectivity index (χ3n) is 7.43. The summed E-state index contributed by atoms with van der Waals surface area (Å²) < 4.78 is 4.85. The van der Waals surface area contributed by atoms with Crippen LogP contribution in [0.1, 0.15) is 43.5 Å². The third-order valence-corrected chi connectivity index (χ3v) is 7.43. The van der Waals surface area contributed by atoms with Crippen LogP contribution in [0.5, 0.6) is 0 Å². The molecule has 0 bridgehead atoms. The van der Waals surface area contributed by atoms with Crippen molar-refractivity contribution in [3.05, 3.63) is 120 Å². The molecule has 6 aromatic rings. The molecule has 0 saturated heterocycles. The summed E-state index contributed by atoms with van der Waals surface area (Å²) in [5.41, 5.74) is 8.93. The molecule has 2 heteroatoms. The second-order valence-electron chi connectivity index (χ2n) is 9.75. The average Bonchev–Trinajstić information content (AvgIpc) is 3.28. The van der Waals surface area contributed by atoms with Crippen molar-refractivity contribution in [1.29, 1.82) is 0 Å². The lowest BCUT2D eigenvalue weighted by molar-refractivity contribution is -0.576. The molecule has 0 unspecified atom stereocenters. The maximum atomic E-state index is 2.44. The Hall–Kier alpha value is -4.17. The van der Waals surface area contributed by atoms with Crippen LogP contribution in [0.2, 0.25) is 0 Å². The Labute approximate surface area is 219 Å². The van der Waals surface area contributed by atoms with E-state index >= 15 is 0 Å². The van der Waals surface area contributed by atoms with Gasteiger partial charge in [-0.25, -0.2) is 0 Å². The van der Waals surface area contributed by atoms with Gasteiger partial charge in [0.05, 0.1) is 5.39 Å². The molecule has 0 aliphatic rings. The van der Waals surface area contributed by atoms with Gasteiger partial charge < -0.3 is 4.57 Å². The Balaban J connectivity index is 1.49. The molecule has 37 heavy (non-hydrogen) atoms. The molecule has 4 aromatic carbocycles. The molecule has 0 spiro atoms. The first-order valence-corrected chi connectivity index (χ1v) is 13.5. The maximum absolute atomic E-state index is 2.44. The molecular formula is C35H33N2+. The van der Waals surface area contributed by atoms with Crippen molar-refractivity contribution in [1.82, 2.24) is 4.57 Å². The Bertz CT molecular complexity index is 1740. The van der Waals surface area contributed by atoms with Gasteiger partial charge in [-0.3, -0.25) is 0 Å². The molecule has 0 saturated carbocycles. The SMILES string of the molecule is CCCCc1cc(C=Cc2ccc3c(c2)c2ccccc2n3CC)c2ccccc2[n+]1-c1ccccc1. The molecule has 0 N–H and O–H groups in total. The van der Waals surface area contributed by atoms with Gasteiger partial charge in [0.25, 0.3) is 0 Å². The Morgan fingerprint density at radius 3 is 2.22 bits per heavy atom. The number of nitrogens with zero attached hydrogens (tertiary/aromatic N) is 2. The van der Waals surface area contributed by atoms with Crippen LogP contribution in [0.15, 0.2) is 103 Å². The highest BCUT2D eigenvalue weighted by Crippen LogP contribution is 2.30. The van der Waals surface area contributed by atoms with E-state index in [-0.39, 0.29) is 0 Å². The van der Waals surface area contributed by atoms with E-state index < -0.39 is 0 Å². The molecule has 6 rings (SSSR count). The van der Waals surface area contributed by atoms with Crippen molar-refractivity contribution in [2.24, 2.45) is 0 Å². The Morgan fingerprint density at radius 2 is 1.41 bits per heavy atom. The van der Waals surface area contributed by atoms with Gasteiger partial charge in [-0.05, 0) is 48.7 Å². The van der Waals surface area contributed by atoms with Gasteiger partial charge >= 0.3 is 0 Å². The van der Waals surface area contributed by atoms with E-state index in [4.69, 9.17) is 0 Å². The molecule has 0 fully saturated rings. The Kier molecular flexibility index (Phi) is 6.32. The number of pyridine rings is 1. The van der Waals surface area contributed by atoms with E-state index in [1.165, 1.54) is 68.1 Å². The van der Waals surface area contributed by atoms with Crippen molar-refractivity contribution in [2.75, 3.05) is 0 Å². The summed E-state index contributed by atoms with van der Waals surface area (Å²) in [6.45, 7) is 5.45. The highest BCUT2D eigenvalue weighted by molar-refractivity contribution is 6.08. The van der Waals surface area contributed by atoms with Crippen LogP contribution in [0.25, 0.3) is 50.5 Å². The van der Waals surface area contributed by atoms with Gasteiger partial charge in [-0.15, -0.1) is 0 Å². The van der Waals surface area contributed by atoms with E-state index in [1.807, 2.05) is 0 Å². The fourth-order valence-corrected chi connectivity index (χ4v) is 5.65. The summed E-state index contributed by atoms with van der Waals surface area (Å²) >= 11 is 0. The minimum Gasteiger partial charge on any atom is -0.341 e. The van der Waals surface area contributed by atoms with Crippen molar-refractivity contribution >= 4 is 44.9 Å². The van der Waals surface area contributed by atoms with Crippen LogP contribution in [-0.4, -0.2) is 4.57 Å². The summed E-state index contributed by atoms with van der Waals surface area (Å²) in [6, 6.07) is 37.5. The number of aromatic nitrogens is 2. The van der Waals surface area contributed by atoms with Gasteiger partial charge in [0.1, 0.15) is 0 Å². The summed E-state index contributed by atoms with van der Waals surface area (Å²) in [4.78, 5) is 0. The number of fused-ring (bicyclic) bond motifs is 4. The van der Waals surface area contributed by atoms with E-state index in [2.05, 4.69) is 138 Å². The zero-order valence-electron chi connectivity index (χ0n) is 21.7. The molecule has 2 heterocycles. The molecular weight excluding hydrogens is 448 g/mol. The van der Waals surface area contributed by atoms with Gasteiger partial charge in [-0.2, -0.15) is 4.57 Å². The topological polar surface area (TPSA) is 8.81 Å². The maximum Gasteiger partial charge on any atom is 0.219 e. The van der Waals surface area contributed by atoms with Crippen molar-refractivity contribution in [2.45, 2.75) is 39.7 Å². The molecule has 0 amide bonds. The number of hydrogen-bond acceptors (Lipinski definition) is 0. The van der Waals surface area contributed by atoms with E-state index in [1.54, 1.807) is 0 Å². The number of unbranched alkanes of at least 4 members (excludes halogenated alkanes) is 1. The molecule has 0 radical (unpaired) electrons. The lowest BCUT2D eigenvalue weighted by atomic mass is 10.0. The van der Waals surface area contributed by atoms with Gasteiger partial charge in [0.15, 0.2) is 5.69 Å². The summed E-state index contributed by atoms with van der Waals surface area (Å²) in [5.74, 6) is 0. The normalized spacial score (nSPS) is 11.8. The molecule has 0 atom stereocenters. The van der Waals surface area contributed by atoms with Gasteiger partial charge in [0.2, 0.25) is 11.2 Å². The smallest absolute Gasteiger partial charge is 0.219 e. The van der Waals surface area contributed by atoms with Gasteiger partial charge in [0, 0.05) is 59.0 Å². The van der Waals surface area contributed by atoms with Crippen molar-refractivity contribution < 1.29 is 4.57 Å². The van der Waals surface area contributed by atoms with Crippen LogP contribution in [-0.2, 0) is 13.0 Å². The lowest BCUT2D eigenvalue weighted by Crippen LogP contribution is -2.37. The number of para-hydroxylation sites is 3. The predicted molar refractivity (Wildman–Crippen MR) is 158 cm³/mol. The molecule has 182 valence electrons. The zero-order valence-corrected chi connectivity index (χ0v) is 21.7. The molecule has 2 aromatic heterocycles. The number of benzene rings is 4. The average molecular weight is 482 g/mol. The molecule has 2 nitrogen and oxygen atoms in total. The van der Waals surface area contributed by atoms with Crippen LogP contribution < -0.4 is 4.57 Å². The second-order valence-corrected chi connectivity index (χ2v) is 9.75. The summed E-state index contributed by atoms with van der Waals surface area (Å²) in [5, 5.41) is 3.92. The fraction of sp³-hybridized carbons (Fsp3) is 0.171. The minimum atomic E-state index is 0.969. The first-order chi connectivity index (χ1) is 18.3. The zero-order chi connectivity index (χ0) is 25.2. The minimum absolute atomic E-state index is 0.969. The number of rotatable bonds is 7. The molecule has 0 aliphatic heterocycles. The second kappa shape index (κ2) is 10.1. The van der Waals surface area contributed by atoms with E-state index in [0.29, 0.717) is 0 Å². The van der Waals surface area contributed by atoms with Crippen LogP contribution in [0.4, 0.5) is 0 Å². The van der Waals surface area contributed by atoms with Crippen LogP contribution in [0, 0.1) is 0 Å². The highest BCUT2D eigenvalue weighted by Gasteiger charge is 2.20. The largest absolute Gasteiger partial charge is 0.341 e. The van der Waals surface area contributed by atoms with E-state index in [9.17, 15) is 0 Å². The standard InChI is InChI=1S/C35H33N2/c1-3-5-13-29-25-27(30-16-9-12-19-35(30)37(29)28-14-7-6-8-15-28)22-20-26-21-23-34-32(24-26)31-17-10-11-18-33(31)36(34)4-2/h6-12,14-25H,3-5,13H2,1-2H3/q+1. The van der Waals surface area contributed by atoms with E-state index in [0.717, 1.165) is 13.0 Å². The van der Waals surface area contributed by atoms with Crippen molar-refractivity contribution in [3.63, 3.8) is 0 Å². The fourth-order valence-electron chi connectivity index (χ4n) is 5.65. The quantitative estimate of drug-likeness (QED) is 0.202. The number of hydrogen-bond donors (Lipinski definition) is 0. The Morgan fingerprint density at radius 1 is 0.676 bits per heavy atom. The first-order valence-electron chi connectivity index (χ1n) is 13.5. The monoisotopic (exact) mass is 481 g/mol. The van der Waals surface area contributed by atoms with Crippen LogP contribution in [0.3, 0.4) is 0 Å². The first kappa shape index (κ1) is 23.2. The van der Waals surface area contributed by atoms with Crippen LogP contribution >= 0.6 is 0 Å².